The Balaban J connectivity index is 2.23. The van der Waals surface area contributed by atoms with Crippen molar-refractivity contribution in [3.63, 3.8) is 0 Å². The summed E-state index contributed by atoms with van der Waals surface area (Å²) in [4.78, 5) is 24.7. The summed E-state index contributed by atoms with van der Waals surface area (Å²) in [5, 5.41) is 9.16. The molecule has 0 saturated carbocycles. The van der Waals surface area contributed by atoms with E-state index in [9.17, 15) is 9.59 Å². The molecule has 5 nitrogen and oxygen atoms in total. The Bertz CT molecular complexity index is 469. The lowest BCUT2D eigenvalue weighted by molar-refractivity contribution is -0.130. The molecule has 1 saturated heterocycles. The van der Waals surface area contributed by atoms with Crippen LogP contribution in [0.15, 0.2) is 24.3 Å². The maximum atomic E-state index is 11.8. The molecule has 0 radical (unpaired) electrons. The molecular formula is C14H17NO4. The van der Waals surface area contributed by atoms with Crippen LogP contribution in [0, 0.1) is 0 Å². The molecule has 1 fully saturated rings. The molecule has 0 bridgehead atoms. The Morgan fingerprint density at radius 3 is 2.47 bits per heavy atom. The van der Waals surface area contributed by atoms with E-state index >= 15 is 0 Å². The number of amides is 1. The van der Waals surface area contributed by atoms with Crippen molar-refractivity contribution in [1.29, 1.82) is 0 Å². The maximum Gasteiger partial charge on any atom is 0.231 e. The van der Waals surface area contributed by atoms with E-state index in [0.29, 0.717) is 6.42 Å². The molecule has 0 spiro atoms. The van der Waals surface area contributed by atoms with E-state index in [1.165, 1.54) is 0 Å². The minimum absolute atomic E-state index is 0.0297. The van der Waals surface area contributed by atoms with Crippen molar-refractivity contribution in [1.82, 2.24) is 4.90 Å². The van der Waals surface area contributed by atoms with E-state index in [2.05, 4.69) is 0 Å². The normalized spacial score (nSPS) is 16.8. The van der Waals surface area contributed by atoms with Gasteiger partial charge in [0.15, 0.2) is 5.78 Å². The number of aliphatic hydroxyl groups excluding tert-OH is 1. The Hall–Kier alpha value is -1.88. The number of carbonyl (C=O) groups is 2. The van der Waals surface area contributed by atoms with Gasteiger partial charge in [-0.15, -0.1) is 0 Å². The summed E-state index contributed by atoms with van der Waals surface area (Å²) in [6.45, 7) is 0.101. The number of benzene rings is 1. The maximum absolute atomic E-state index is 11.8. The average Bonchev–Trinajstić information content (AvgIpc) is 2.75. The number of methoxy groups -OCH3 is 1. The van der Waals surface area contributed by atoms with Crippen LogP contribution in [0.1, 0.15) is 24.4 Å². The van der Waals surface area contributed by atoms with Crippen LogP contribution in [0.3, 0.4) is 0 Å². The molecule has 1 aliphatic heterocycles. The molecule has 1 aromatic carbocycles. The smallest absolute Gasteiger partial charge is 0.231 e. The van der Waals surface area contributed by atoms with Crippen molar-refractivity contribution < 1.29 is 19.4 Å². The molecule has 1 atom stereocenters. The first-order valence-electron chi connectivity index (χ1n) is 6.21. The standard InChI is InChI=1S/C14H17NO4/c1-19-12-4-2-10(3-5-12)13(6-7-16)15-9-11(17)8-14(15)18/h2-5,13,16H,6-9H2,1H3. The molecule has 102 valence electrons. The van der Waals surface area contributed by atoms with E-state index in [1.807, 2.05) is 24.3 Å². The van der Waals surface area contributed by atoms with Crippen molar-refractivity contribution in [2.24, 2.45) is 0 Å². The largest absolute Gasteiger partial charge is 0.497 e. The quantitative estimate of drug-likeness (QED) is 0.802. The number of likely N-dealkylation sites (tertiary alicyclic amines) is 1. The monoisotopic (exact) mass is 263 g/mol. The van der Waals surface area contributed by atoms with Gasteiger partial charge in [-0.25, -0.2) is 0 Å². The van der Waals surface area contributed by atoms with Crippen LogP contribution in [-0.4, -0.2) is 42.0 Å². The molecule has 1 heterocycles. The first-order chi connectivity index (χ1) is 9.15. The minimum atomic E-state index is -0.255. The molecule has 0 aliphatic carbocycles. The first-order valence-corrected chi connectivity index (χ1v) is 6.21. The van der Waals surface area contributed by atoms with E-state index in [1.54, 1.807) is 12.0 Å². The Kier molecular flexibility index (Phi) is 4.16. The fourth-order valence-corrected chi connectivity index (χ4v) is 2.34. The summed E-state index contributed by atoms with van der Waals surface area (Å²) in [6, 6.07) is 7.07. The lowest BCUT2D eigenvalue weighted by Crippen LogP contribution is -2.31. The predicted octanol–water partition coefficient (Wildman–Crippen LogP) is 0.920. The van der Waals surface area contributed by atoms with Crippen LogP contribution in [-0.2, 0) is 9.59 Å². The summed E-state index contributed by atoms with van der Waals surface area (Å²) >= 11 is 0. The molecule has 1 aromatic rings. The molecule has 1 amide bonds. The second-order valence-electron chi connectivity index (χ2n) is 4.54. The third-order valence-electron chi connectivity index (χ3n) is 3.29. The van der Waals surface area contributed by atoms with Crippen molar-refractivity contribution in [2.45, 2.75) is 18.9 Å². The van der Waals surface area contributed by atoms with Crippen LogP contribution in [0.2, 0.25) is 0 Å². The molecular weight excluding hydrogens is 246 g/mol. The molecule has 0 aromatic heterocycles. The van der Waals surface area contributed by atoms with Crippen molar-refractivity contribution in [2.75, 3.05) is 20.3 Å². The van der Waals surface area contributed by atoms with Gasteiger partial charge in [0, 0.05) is 6.61 Å². The second-order valence-corrected chi connectivity index (χ2v) is 4.54. The number of carbonyl (C=O) groups excluding carboxylic acids is 2. The van der Waals surface area contributed by atoms with Crippen LogP contribution in [0.4, 0.5) is 0 Å². The number of ketones is 1. The molecule has 19 heavy (non-hydrogen) atoms. The zero-order chi connectivity index (χ0) is 13.8. The number of hydrogen-bond acceptors (Lipinski definition) is 4. The van der Waals surface area contributed by atoms with Gasteiger partial charge in [-0.1, -0.05) is 12.1 Å². The van der Waals surface area contributed by atoms with Gasteiger partial charge in [-0.2, -0.15) is 0 Å². The topological polar surface area (TPSA) is 66.8 Å². The molecule has 2 rings (SSSR count). The van der Waals surface area contributed by atoms with Gasteiger partial charge in [-0.05, 0) is 24.1 Å². The number of Topliss-reactive ketones (excluding diaryl/α,β-unsaturated/α-hetero) is 1. The second kappa shape index (κ2) is 5.84. The highest BCUT2D eigenvalue weighted by molar-refractivity contribution is 6.05. The lowest BCUT2D eigenvalue weighted by atomic mass is 10.0. The van der Waals surface area contributed by atoms with Crippen LogP contribution in [0.5, 0.6) is 5.75 Å². The molecule has 1 aliphatic rings. The first kappa shape index (κ1) is 13.5. The highest BCUT2D eigenvalue weighted by atomic mass is 16.5. The summed E-state index contributed by atoms with van der Waals surface area (Å²) in [7, 11) is 1.59. The fraction of sp³-hybridized carbons (Fsp3) is 0.429. The van der Waals surface area contributed by atoms with Crippen molar-refractivity contribution in [3.8, 4) is 5.75 Å². The number of hydrogen-bond donors (Lipinski definition) is 1. The van der Waals surface area contributed by atoms with Crippen LogP contribution < -0.4 is 4.74 Å². The number of ether oxygens (including phenoxy) is 1. The van der Waals surface area contributed by atoms with Crippen molar-refractivity contribution in [3.05, 3.63) is 29.8 Å². The number of aliphatic hydroxyl groups is 1. The lowest BCUT2D eigenvalue weighted by Gasteiger charge is -2.27. The number of rotatable bonds is 5. The van der Waals surface area contributed by atoms with Gasteiger partial charge in [0.25, 0.3) is 0 Å². The fourth-order valence-electron chi connectivity index (χ4n) is 2.34. The Morgan fingerprint density at radius 1 is 1.32 bits per heavy atom. The third kappa shape index (κ3) is 2.93. The van der Waals surface area contributed by atoms with Gasteiger partial charge in [0.1, 0.15) is 5.75 Å². The summed E-state index contributed by atoms with van der Waals surface area (Å²) in [6.07, 6.45) is 0.392. The summed E-state index contributed by atoms with van der Waals surface area (Å²) in [5.74, 6) is 0.496. The van der Waals surface area contributed by atoms with Gasteiger partial charge < -0.3 is 14.7 Å². The Labute approximate surface area is 111 Å². The minimum Gasteiger partial charge on any atom is -0.497 e. The predicted molar refractivity (Wildman–Crippen MR) is 68.8 cm³/mol. The third-order valence-corrected chi connectivity index (χ3v) is 3.29. The van der Waals surface area contributed by atoms with E-state index in [4.69, 9.17) is 9.84 Å². The van der Waals surface area contributed by atoms with E-state index < -0.39 is 0 Å². The van der Waals surface area contributed by atoms with E-state index in [-0.39, 0.29) is 37.3 Å². The van der Waals surface area contributed by atoms with Gasteiger partial charge in [-0.3, -0.25) is 9.59 Å². The zero-order valence-corrected chi connectivity index (χ0v) is 10.8. The van der Waals surface area contributed by atoms with Gasteiger partial charge in [0.2, 0.25) is 5.91 Å². The SMILES string of the molecule is COc1ccc(C(CCO)N2CC(=O)CC2=O)cc1. The van der Waals surface area contributed by atoms with Gasteiger partial charge in [0.05, 0.1) is 26.1 Å². The highest BCUT2D eigenvalue weighted by Gasteiger charge is 2.33. The van der Waals surface area contributed by atoms with Crippen molar-refractivity contribution >= 4 is 11.7 Å². The zero-order valence-electron chi connectivity index (χ0n) is 10.8. The van der Waals surface area contributed by atoms with Crippen LogP contribution >= 0.6 is 0 Å². The van der Waals surface area contributed by atoms with Gasteiger partial charge >= 0.3 is 0 Å². The summed E-state index contributed by atoms with van der Waals surface area (Å²) < 4.78 is 5.09. The highest BCUT2D eigenvalue weighted by Crippen LogP contribution is 2.28. The molecule has 5 heteroatoms. The average molecular weight is 263 g/mol. The molecule has 1 N–H and O–H groups in total. The number of nitrogens with zero attached hydrogens (tertiary/aromatic N) is 1. The Morgan fingerprint density at radius 2 is 2.00 bits per heavy atom. The van der Waals surface area contributed by atoms with E-state index in [0.717, 1.165) is 11.3 Å². The van der Waals surface area contributed by atoms with Crippen LogP contribution in [0.25, 0.3) is 0 Å². The summed E-state index contributed by atoms with van der Waals surface area (Å²) in [5.41, 5.74) is 0.901. The molecule has 1 unspecified atom stereocenters.